The highest BCUT2D eigenvalue weighted by atomic mass is 29.1. The first kappa shape index (κ1) is 8.71. The highest BCUT2D eigenvalue weighted by Crippen LogP contribution is 2.09. The summed E-state index contributed by atoms with van der Waals surface area (Å²) in [5.74, 6) is 0. The van der Waals surface area contributed by atoms with Crippen molar-refractivity contribution < 1.29 is 0 Å². The Balaban J connectivity index is 2.61. The summed E-state index contributed by atoms with van der Waals surface area (Å²) in [5, 5.41) is 0. The monoisotopic (exact) mass is 181 g/mol. The maximum Gasteiger partial charge on any atom is 0.0728 e. The molecule has 1 nitrogen and oxygen atoms in total. The van der Waals surface area contributed by atoms with Gasteiger partial charge in [-0.25, -0.2) is 0 Å². The Morgan fingerprint density at radius 3 is 2.55 bits per heavy atom. The van der Waals surface area contributed by atoms with Crippen LogP contribution in [0.3, 0.4) is 0 Å². The van der Waals surface area contributed by atoms with Crippen LogP contribution in [0, 0.1) is 0 Å². The molecule has 1 atom stereocenters. The summed E-state index contributed by atoms with van der Waals surface area (Å²) in [6, 6.07) is 11.2. The summed E-state index contributed by atoms with van der Waals surface area (Å²) in [6.07, 6.45) is 0. The van der Waals surface area contributed by atoms with Crippen molar-refractivity contribution in [2.24, 2.45) is 0 Å². The maximum atomic E-state index is 3.56. The first-order chi connectivity index (χ1) is 5.34. The zero-order chi connectivity index (χ0) is 8.10. The topological polar surface area (TPSA) is 12.0 Å². The van der Waals surface area contributed by atoms with Crippen molar-refractivity contribution in [3.05, 3.63) is 35.9 Å². The molecule has 0 aliphatic rings. The molecule has 3 heteroatoms. The molecule has 0 aromatic heterocycles. The first-order valence-corrected chi connectivity index (χ1v) is 10.5. The van der Waals surface area contributed by atoms with Gasteiger partial charge in [0.25, 0.3) is 0 Å². The maximum absolute atomic E-state index is 3.56. The van der Waals surface area contributed by atoms with Crippen LogP contribution in [0.4, 0.5) is 0 Å². The molecule has 60 valence electrons. The largest absolute Gasteiger partial charge is 0.339 e. The standard InChI is InChI=1S/C8H15NSi2/c1-7(9-11-10)8-5-3-2-4-6-8/h2-7,9H,11H2,1,10H3. The van der Waals surface area contributed by atoms with Gasteiger partial charge in [-0.3, -0.25) is 0 Å². The van der Waals surface area contributed by atoms with Crippen LogP contribution >= 0.6 is 0 Å². The van der Waals surface area contributed by atoms with Gasteiger partial charge in [0.1, 0.15) is 0 Å². The molecule has 1 rings (SSSR count). The fourth-order valence-electron chi connectivity index (χ4n) is 1.17. The second-order valence-electron chi connectivity index (χ2n) is 2.69. The van der Waals surface area contributed by atoms with E-state index in [1.54, 1.807) is 0 Å². The summed E-state index contributed by atoms with van der Waals surface area (Å²) >= 11 is 0. The van der Waals surface area contributed by atoms with E-state index in [2.05, 4.69) is 42.2 Å². The Morgan fingerprint density at radius 2 is 2.00 bits per heavy atom. The first-order valence-electron chi connectivity index (χ1n) is 4.13. The summed E-state index contributed by atoms with van der Waals surface area (Å²) in [4.78, 5) is 3.56. The Kier molecular flexibility index (Phi) is 3.55. The van der Waals surface area contributed by atoms with Gasteiger partial charge in [-0.1, -0.05) is 30.3 Å². The average molecular weight is 181 g/mol. The molecule has 0 heterocycles. The molecular formula is C8H15NSi2. The third-order valence-corrected chi connectivity index (χ3v) is 4.06. The van der Waals surface area contributed by atoms with E-state index in [0.717, 1.165) is 0 Å². The van der Waals surface area contributed by atoms with E-state index in [-0.39, 0.29) is 9.20 Å². The van der Waals surface area contributed by atoms with Gasteiger partial charge in [-0.05, 0) is 12.5 Å². The molecule has 11 heavy (non-hydrogen) atoms. The van der Waals surface area contributed by atoms with Crippen LogP contribution in [0.2, 0.25) is 0 Å². The molecule has 1 N–H and O–H groups in total. The van der Waals surface area contributed by atoms with E-state index >= 15 is 0 Å². The zero-order valence-electron chi connectivity index (χ0n) is 7.17. The van der Waals surface area contributed by atoms with E-state index in [4.69, 9.17) is 0 Å². The fourth-order valence-corrected chi connectivity index (χ4v) is 3.85. The second-order valence-corrected chi connectivity index (χ2v) is 5.93. The van der Waals surface area contributed by atoms with E-state index in [1.807, 2.05) is 0 Å². The Bertz CT molecular complexity index is 201. The highest BCUT2D eigenvalue weighted by molar-refractivity contribution is 6.87. The molecule has 0 radical (unpaired) electrons. The minimum atomic E-state index is 0.112. The lowest BCUT2D eigenvalue weighted by atomic mass is 10.1. The van der Waals surface area contributed by atoms with E-state index in [9.17, 15) is 0 Å². The van der Waals surface area contributed by atoms with Crippen LogP contribution in [0.15, 0.2) is 30.3 Å². The Hall–Kier alpha value is -0.386. The van der Waals surface area contributed by atoms with Crippen molar-refractivity contribution in [1.29, 1.82) is 0 Å². The normalized spacial score (nSPS) is 14.3. The molecule has 1 unspecified atom stereocenters. The SMILES string of the molecule is CC(N[SiH2][SiH3])c1ccccc1. The molecular weight excluding hydrogens is 166 g/mol. The van der Waals surface area contributed by atoms with E-state index in [0.29, 0.717) is 6.04 Å². The lowest BCUT2D eigenvalue weighted by Crippen LogP contribution is -2.22. The van der Waals surface area contributed by atoms with Crippen molar-refractivity contribution in [3.8, 4) is 0 Å². The van der Waals surface area contributed by atoms with Crippen molar-refractivity contribution in [2.75, 3.05) is 0 Å². The average Bonchev–Trinajstić information content (AvgIpc) is 2.07. The summed E-state index contributed by atoms with van der Waals surface area (Å²) in [5.41, 5.74) is 1.41. The third kappa shape index (κ3) is 2.61. The number of benzene rings is 1. The van der Waals surface area contributed by atoms with E-state index < -0.39 is 0 Å². The zero-order valence-corrected chi connectivity index (χ0v) is 10.6. The van der Waals surface area contributed by atoms with E-state index in [1.165, 1.54) is 15.3 Å². The van der Waals surface area contributed by atoms with Crippen LogP contribution in [0.1, 0.15) is 18.5 Å². The van der Waals surface area contributed by atoms with Gasteiger partial charge in [0, 0.05) is 15.8 Å². The molecule has 0 saturated heterocycles. The summed E-state index contributed by atoms with van der Waals surface area (Å²) in [7, 11) is 1.48. The minimum absolute atomic E-state index is 0.112. The predicted octanol–water partition coefficient (Wildman–Crippen LogP) is -0.299. The summed E-state index contributed by atoms with van der Waals surface area (Å²) < 4.78 is 0. The molecule has 0 bridgehead atoms. The van der Waals surface area contributed by atoms with Gasteiger partial charge in [0.05, 0.1) is 9.20 Å². The molecule has 0 aliphatic heterocycles. The van der Waals surface area contributed by atoms with Gasteiger partial charge in [-0.2, -0.15) is 0 Å². The molecule has 1 aromatic carbocycles. The van der Waals surface area contributed by atoms with Crippen molar-refractivity contribution in [1.82, 2.24) is 4.98 Å². The highest BCUT2D eigenvalue weighted by Gasteiger charge is 1.99. The smallest absolute Gasteiger partial charge is 0.0728 e. The van der Waals surface area contributed by atoms with Crippen molar-refractivity contribution >= 4 is 19.0 Å². The van der Waals surface area contributed by atoms with Crippen molar-refractivity contribution in [2.45, 2.75) is 13.0 Å². The molecule has 0 aliphatic carbocycles. The van der Waals surface area contributed by atoms with Gasteiger partial charge in [0.15, 0.2) is 0 Å². The quantitative estimate of drug-likeness (QED) is 0.632. The van der Waals surface area contributed by atoms with Gasteiger partial charge >= 0.3 is 0 Å². The number of hydrogen-bond acceptors (Lipinski definition) is 1. The Morgan fingerprint density at radius 1 is 1.36 bits per heavy atom. The minimum Gasteiger partial charge on any atom is -0.339 e. The molecule has 1 aromatic rings. The van der Waals surface area contributed by atoms with Crippen LogP contribution in [-0.4, -0.2) is 19.0 Å². The van der Waals surface area contributed by atoms with Crippen LogP contribution < -0.4 is 4.98 Å². The fraction of sp³-hybridized carbons (Fsp3) is 0.250. The number of hydrogen-bond donors (Lipinski definition) is 1. The van der Waals surface area contributed by atoms with Crippen LogP contribution in [0.5, 0.6) is 0 Å². The molecule has 0 spiro atoms. The predicted molar refractivity (Wildman–Crippen MR) is 56.5 cm³/mol. The third-order valence-electron chi connectivity index (χ3n) is 1.81. The molecule has 0 amide bonds. The number of nitrogens with one attached hydrogen (secondary N) is 1. The van der Waals surface area contributed by atoms with Crippen molar-refractivity contribution in [3.63, 3.8) is 0 Å². The van der Waals surface area contributed by atoms with Gasteiger partial charge < -0.3 is 4.98 Å². The van der Waals surface area contributed by atoms with Crippen LogP contribution in [-0.2, 0) is 0 Å². The molecule has 0 fully saturated rings. The second kappa shape index (κ2) is 4.48. The van der Waals surface area contributed by atoms with Gasteiger partial charge in [-0.15, -0.1) is 0 Å². The Labute approximate surface area is 73.3 Å². The lowest BCUT2D eigenvalue weighted by Gasteiger charge is -2.11. The lowest BCUT2D eigenvalue weighted by molar-refractivity contribution is 0.742. The van der Waals surface area contributed by atoms with Gasteiger partial charge in [0.2, 0.25) is 0 Å². The number of rotatable bonds is 3. The van der Waals surface area contributed by atoms with Crippen LogP contribution in [0.25, 0.3) is 0 Å². The molecule has 0 saturated carbocycles. The summed E-state index contributed by atoms with van der Waals surface area (Å²) in [6.45, 7) is 2.24.